The first-order valence-electron chi connectivity index (χ1n) is 9.43. The summed E-state index contributed by atoms with van der Waals surface area (Å²) in [5, 5.41) is 2.86. The van der Waals surface area contributed by atoms with Crippen molar-refractivity contribution in [1.29, 1.82) is 0 Å². The Labute approximate surface area is 171 Å². The lowest BCUT2D eigenvalue weighted by atomic mass is 10.2. The van der Waals surface area contributed by atoms with Gasteiger partial charge < -0.3 is 19.7 Å². The van der Waals surface area contributed by atoms with Crippen LogP contribution in [0.25, 0.3) is 0 Å². The number of nitrogens with zero attached hydrogens (tertiary/aromatic N) is 2. The van der Waals surface area contributed by atoms with Gasteiger partial charge in [0, 0.05) is 25.4 Å². The number of hydrogen-bond acceptors (Lipinski definition) is 5. The molecule has 0 unspecified atom stereocenters. The second kappa shape index (κ2) is 9.59. The Balaban J connectivity index is 1.71. The molecular weight excluding hydrogens is 366 g/mol. The Morgan fingerprint density at radius 1 is 1.03 bits per heavy atom. The van der Waals surface area contributed by atoms with Crippen molar-refractivity contribution in [2.75, 3.05) is 31.0 Å². The van der Waals surface area contributed by atoms with Gasteiger partial charge in [-0.3, -0.25) is 4.79 Å². The quantitative estimate of drug-likeness (QED) is 0.617. The number of nitrogens with one attached hydrogen (secondary N) is 1. The number of rotatable bonds is 8. The van der Waals surface area contributed by atoms with Crippen LogP contribution in [-0.4, -0.2) is 31.7 Å². The van der Waals surface area contributed by atoms with E-state index in [2.05, 4.69) is 34.3 Å². The first kappa shape index (κ1) is 20.2. The first-order valence-corrected chi connectivity index (χ1v) is 9.43. The summed E-state index contributed by atoms with van der Waals surface area (Å²) < 4.78 is 10.5. The van der Waals surface area contributed by atoms with Crippen molar-refractivity contribution in [2.45, 2.75) is 13.5 Å². The Morgan fingerprint density at radius 3 is 2.45 bits per heavy atom. The fourth-order valence-corrected chi connectivity index (χ4v) is 2.96. The molecule has 150 valence electrons. The highest BCUT2D eigenvalue weighted by Crippen LogP contribution is 2.29. The molecule has 0 saturated carbocycles. The summed E-state index contributed by atoms with van der Waals surface area (Å²) in [5.41, 5.74) is 2.26. The second-order valence-electron chi connectivity index (χ2n) is 6.43. The van der Waals surface area contributed by atoms with Crippen molar-refractivity contribution in [3.8, 4) is 11.5 Å². The fraction of sp³-hybridized carbons (Fsp3) is 0.217. The molecule has 0 spiro atoms. The van der Waals surface area contributed by atoms with Crippen molar-refractivity contribution < 1.29 is 14.3 Å². The van der Waals surface area contributed by atoms with Crippen molar-refractivity contribution >= 4 is 17.4 Å². The van der Waals surface area contributed by atoms with E-state index in [1.54, 1.807) is 44.7 Å². The van der Waals surface area contributed by atoms with Crippen LogP contribution in [0.1, 0.15) is 22.8 Å². The lowest BCUT2D eigenvalue weighted by Crippen LogP contribution is -2.23. The summed E-state index contributed by atoms with van der Waals surface area (Å²) in [6, 6.07) is 19.1. The lowest BCUT2D eigenvalue weighted by molar-refractivity contribution is 0.102. The highest BCUT2D eigenvalue weighted by atomic mass is 16.5. The maximum atomic E-state index is 12.6. The second-order valence-corrected chi connectivity index (χ2v) is 6.43. The molecule has 2 aromatic carbocycles. The Kier molecular flexibility index (Phi) is 6.68. The minimum Gasteiger partial charge on any atom is -0.497 e. The van der Waals surface area contributed by atoms with E-state index in [0.717, 1.165) is 18.9 Å². The van der Waals surface area contributed by atoms with Crippen LogP contribution in [0.4, 0.5) is 11.5 Å². The van der Waals surface area contributed by atoms with Gasteiger partial charge in [0.05, 0.1) is 25.5 Å². The smallest absolute Gasteiger partial charge is 0.257 e. The number of anilines is 2. The van der Waals surface area contributed by atoms with Crippen LogP contribution < -0.4 is 19.7 Å². The Hall–Kier alpha value is -3.54. The number of aromatic nitrogens is 1. The van der Waals surface area contributed by atoms with E-state index in [9.17, 15) is 4.79 Å². The summed E-state index contributed by atoms with van der Waals surface area (Å²) in [5.74, 6) is 1.76. The summed E-state index contributed by atoms with van der Waals surface area (Å²) in [6.07, 6.45) is 1.59. The van der Waals surface area contributed by atoms with Gasteiger partial charge in [-0.05, 0) is 36.8 Å². The van der Waals surface area contributed by atoms with Crippen LogP contribution in [0.15, 0.2) is 66.9 Å². The van der Waals surface area contributed by atoms with Crippen molar-refractivity contribution in [2.24, 2.45) is 0 Å². The van der Waals surface area contributed by atoms with Gasteiger partial charge in [-0.2, -0.15) is 0 Å². The van der Waals surface area contributed by atoms with E-state index in [1.165, 1.54) is 5.56 Å². The Morgan fingerprint density at radius 2 is 1.83 bits per heavy atom. The van der Waals surface area contributed by atoms with E-state index in [0.29, 0.717) is 22.7 Å². The third kappa shape index (κ3) is 5.04. The molecule has 29 heavy (non-hydrogen) atoms. The standard InChI is InChI=1S/C23H25N3O3/c1-4-26(16-17-8-6-5-7-9-17)22-13-10-18(15-24-22)23(27)25-20-12-11-19(28-2)14-21(20)29-3/h5-15H,4,16H2,1-3H3,(H,25,27). The van der Waals surface area contributed by atoms with Crippen LogP contribution in [0, 0.1) is 0 Å². The van der Waals surface area contributed by atoms with Gasteiger partial charge >= 0.3 is 0 Å². The number of hydrogen-bond donors (Lipinski definition) is 1. The highest BCUT2D eigenvalue weighted by molar-refractivity contribution is 6.05. The van der Waals surface area contributed by atoms with Crippen LogP contribution in [-0.2, 0) is 6.54 Å². The number of carbonyl (C=O) groups is 1. The molecule has 0 aliphatic rings. The topological polar surface area (TPSA) is 63.7 Å². The number of pyridine rings is 1. The van der Waals surface area contributed by atoms with Gasteiger partial charge in [-0.15, -0.1) is 0 Å². The normalized spacial score (nSPS) is 10.3. The maximum Gasteiger partial charge on any atom is 0.257 e. The van der Waals surface area contributed by atoms with E-state index in [4.69, 9.17) is 9.47 Å². The highest BCUT2D eigenvalue weighted by Gasteiger charge is 2.13. The van der Waals surface area contributed by atoms with Crippen LogP contribution in [0.3, 0.4) is 0 Å². The SMILES string of the molecule is CCN(Cc1ccccc1)c1ccc(C(=O)Nc2ccc(OC)cc2OC)cn1. The number of carbonyl (C=O) groups excluding carboxylic acids is 1. The van der Waals surface area contributed by atoms with Crippen molar-refractivity contribution in [3.05, 3.63) is 78.0 Å². The third-order valence-electron chi connectivity index (χ3n) is 4.59. The molecular formula is C23H25N3O3. The van der Waals surface area contributed by atoms with Gasteiger partial charge in [0.2, 0.25) is 0 Å². The van der Waals surface area contributed by atoms with Gasteiger partial charge in [-0.1, -0.05) is 30.3 Å². The van der Waals surface area contributed by atoms with E-state index in [-0.39, 0.29) is 5.91 Å². The zero-order valence-electron chi connectivity index (χ0n) is 16.9. The molecule has 3 aromatic rings. The molecule has 6 heteroatoms. The molecule has 3 rings (SSSR count). The molecule has 0 aliphatic carbocycles. The summed E-state index contributed by atoms with van der Waals surface area (Å²) in [6.45, 7) is 3.66. The van der Waals surface area contributed by atoms with E-state index in [1.807, 2.05) is 24.3 Å². The number of benzene rings is 2. The minimum atomic E-state index is -0.251. The molecule has 0 saturated heterocycles. The molecule has 0 fully saturated rings. The molecule has 0 aliphatic heterocycles. The number of ether oxygens (including phenoxy) is 2. The molecule has 1 heterocycles. The van der Waals surface area contributed by atoms with Gasteiger partial charge in [0.25, 0.3) is 5.91 Å². The van der Waals surface area contributed by atoms with E-state index < -0.39 is 0 Å². The molecule has 0 bridgehead atoms. The van der Waals surface area contributed by atoms with E-state index >= 15 is 0 Å². The fourth-order valence-electron chi connectivity index (χ4n) is 2.96. The molecule has 6 nitrogen and oxygen atoms in total. The molecule has 1 aromatic heterocycles. The van der Waals surface area contributed by atoms with Crippen molar-refractivity contribution in [1.82, 2.24) is 4.98 Å². The lowest BCUT2D eigenvalue weighted by Gasteiger charge is -2.22. The van der Waals surface area contributed by atoms with Crippen LogP contribution in [0.2, 0.25) is 0 Å². The minimum absolute atomic E-state index is 0.251. The average Bonchev–Trinajstić information content (AvgIpc) is 2.78. The third-order valence-corrected chi connectivity index (χ3v) is 4.59. The van der Waals surface area contributed by atoms with Crippen LogP contribution >= 0.6 is 0 Å². The summed E-state index contributed by atoms with van der Waals surface area (Å²) >= 11 is 0. The monoisotopic (exact) mass is 391 g/mol. The van der Waals surface area contributed by atoms with Gasteiger partial charge in [0.1, 0.15) is 17.3 Å². The summed E-state index contributed by atoms with van der Waals surface area (Å²) in [7, 11) is 3.13. The van der Waals surface area contributed by atoms with Gasteiger partial charge in [-0.25, -0.2) is 4.98 Å². The number of amides is 1. The predicted molar refractivity (Wildman–Crippen MR) is 115 cm³/mol. The zero-order chi connectivity index (χ0) is 20.6. The zero-order valence-corrected chi connectivity index (χ0v) is 16.9. The average molecular weight is 391 g/mol. The predicted octanol–water partition coefficient (Wildman–Crippen LogP) is 4.38. The first-order chi connectivity index (χ1) is 14.1. The molecule has 0 atom stereocenters. The van der Waals surface area contributed by atoms with Crippen molar-refractivity contribution in [3.63, 3.8) is 0 Å². The Bertz CT molecular complexity index is 943. The van der Waals surface area contributed by atoms with Crippen LogP contribution in [0.5, 0.6) is 11.5 Å². The molecule has 0 radical (unpaired) electrons. The largest absolute Gasteiger partial charge is 0.497 e. The molecule has 1 N–H and O–H groups in total. The molecule has 1 amide bonds. The maximum absolute atomic E-state index is 12.6. The number of methoxy groups -OCH3 is 2. The summed E-state index contributed by atoms with van der Waals surface area (Å²) in [4.78, 5) is 19.3. The van der Waals surface area contributed by atoms with Gasteiger partial charge in [0.15, 0.2) is 0 Å².